The first-order valence-corrected chi connectivity index (χ1v) is 8.55. The third-order valence-electron chi connectivity index (χ3n) is 5.42. The van der Waals surface area contributed by atoms with Crippen molar-refractivity contribution >= 4 is 0 Å². The molecule has 0 amide bonds. The van der Waals surface area contributed by atoms with E-state index in [0.717, 1.165) is 29.8 Å². The van der Waals surface area contributed by atoms with Gasteiger partial charge in [0.1, 0.15) is 0 Å². The molecule has 0 spiro atoms. The Morgan fingerprint density at radius 3 is 2.58 bits per heavy atom. The van der Waals surface area contributed by atoms with Gasteiger partial charge in [-0.3, -0.25) is 0 Å². The minimum Gasteiger partial charge on any atom is -0.314 e. The minimum absolute atomic E-state index is 0.769. The van der Waals surface area contributed by atoms with E-state index in [1.807, 2.05) is 0 Å². The number of hydrogen-bond acceptors (Lipinski definition) is 2. The highest BCUT2D eigenvalue weighted by molar-refractivity contribution is 4.89. The van der Waals surface area contributed by atoms with Gasteiger partial charge >= 0.3 is 0 Å². The topological polar surface area (TPSA) is 15.3 Å². The summed E-state index contributed by atoms with van der Waals surface area (Å²) >= 11 is 0. The molecule has 0 aromatic carbocycles. The van der Waals surface area contributed by atoms with E-state index >= 15 is 0 Å². The molecule has 2 heteroatoms. The maximum Gasteiger partial charge on any atom is 0.0108 e. The highest BCUT2D eigenvalue weighted by Crippen LogP contribution is 2.36. The quantitative estimate of drug-likeness (QED) is 0.758. The van der Waals surface area contributed by atoms with E-state index in [1.165, 1.54) is 51.6 Å². The van der Waals surface area contributed by atoms with Crippen molar-refractivity contribution < 1.29 is 0 Å². The minimum atomic E-state index is 0.769. The predicted molar refractivity (Wildman–Crippen MR) is 83.4 cm³/mol. The molecular formula is C17H34N2. The lowest BCUT2D eigenvalue weighted by molar-refractivity contribution is 0.131. The molecule has 0 bridgehead atoms. The fourth-order valence-electron chi connectivity index (χ4n) is 3.77. The fraction of sp³-hybridized carbons (Fsp3) is 1.00. The molecule has 0 aromatic rings. The molecule has 4 atom stereocenters. The highest BCUT2D eigenvalue weighted by atomic mass is 15.1. The molecule has 1 N–H and O–H groups in total. The Bertz CT molecular complexity index is 260. The zero-order chi connectivity index (χ0) is 13.8. The van der Waals surface area contributed by atoms with Crippen molar-refractivity contribution in [1.82, 2.24) is 10.2 Å². The average Bonchev–Trinajstić information content (AvgIpc) is 3.21. The van der Waals surface area contributed by atoms with Crippen molar-refractivity contribution in [1.29, 1.82) is 0 Å². The van der Waals surface area contributed by atoms with E-state index in [2.05, 4.69) is 38.0 Å². The van der Waals surface area contributed by atoms with Crippen LogP contribution in [0, 0.1) is 17.8 Å². The summed E-state index contributed by atoms with van der Waals surface area (Å²) in [7, 11) is 2.35. The Labute approximate surface area is 120 Å². The summed E-state index contributed by atoms with van der Waals surface area (Å²) in [5.74, 6) is 2.78. The van der Waals surface area contributed by atoms with Gasteiger partial charge < -0.3 is 10.2 Å². The Morgan fingerprint density at radius 2 is 1.95 bits per heavy atom. The second-order valence-electron chi connectivity index (χ2n) is 7.26. The van der Waals surface area contributed by atoms with Crippen LogP contribution in [0.1, 0.15) is 59.3 Å². The van der Waals surface area contributed by atoms with Crippen LogP contribution in [0.15, 0.2) is 0 Å². The molecule has 19 heavy (non-hydrogen) atoms. The molecule has 2 aliphatic rings. The van der Waals surface area contributed by atoms with Crippen molar-refractivity contribution in [2.75, 3.05) is 20.1 Å². The number of nitrogens with one attached hydrogen (secondary N) is 1. The highest BCUT2D eigenvalue weighted by Gasteiger charge is 2.34. The van der Waals surface area contributed by atoms with Crippen LogP contribution in [0.25, 0.3) is 0 Å². The van der Waals surface area contributed by atoms with Crippen molar-refractivity contribution in [2.45, 2.75) is 71.4 Å². The molecular weight excluding hydrogens is 232 g/mol. The largest absolute Gasteiger partial charge is 0.314 e. The van der Waals surface area contributed by atoms with Crippen molar-refractivity contribution in [3.05, 3.63) is 0 Å². The number of nitrogens with zero attached hydrogens (tertiary/aromatic N) is 1. The molecule has 112 valence electrons. The Balaban J connectivity index is 1.85. The smallest absolute Gasteiger partial charge is 0.0108 e. The van der Waals surface area contributed by atoms with Gasteiger partial charge in [-0.2, -0.15) is 0 Å². The molecule has 2 rings (SSSR count). The van der Waals surface area contributed by atoms with Crippen LogP contribution in [-0.2, 0) is 0 Å². The molecule has 2 aliphatic carbocycles. The Kier molecular flexibility index (Phi) is 5.70. The second kappa shape index (κ2) is 7.08. The van der Waals surface area contributed by atoms with Crippen LogP contribution in [-0.4, -0.2) is 37.1 Å². The van der Waals surface area contributed by atoms with E-state index in [9.17, 15) is 0 Å². The van der Waals surface area contributed by atoms with Gasteiger partial charge in [0.15, 0.2) is 0 Å². The summed E-state index contributed by atoms with van der Waals surface area (Å²) < 4.78 is 0. The van der Waals surface area contributed by atoms with E-state index in [4.69, 9.17) is 0 Å². The molecule has 0 radical (unpaired) electrons. The molecule has 0 heterocycles. The molecule has 4 unspecified atom stereocenters. The number of rotatable bonds is 7. The summed E-state index contributed by atoms with van der Waals surface area (Å²) in [6.07, 6.45) is 8.40. The fourth-order valence-corrected chi connectivity index (χ4v) is 3.77. The van der Waals surface area contributed by atoms with E-state index in [-0.39, 0.29) is 0 Å². The summed E-state index contributed by atoms with van der Waals surface area (Å²) in [4.78, 5) is 2.64. The molecule has 0 aromatic heterocycles. The number of hydrogen-bond donors (Lipinski definition) is 1. The van der Waals surface area contributed by atoms with Crippen LogP contribution in [0.4, 0.5) is 0 Å². The standard InChI is InChI=1S/C17H34N2/c1-5-10-18-17-9-6-13(2)11-16(17)12-19(4)14(3)15-7-8-15/h13-18H,5-12H2,1-4H3. The van der Waals surface area contributed by atoms with Gasteiger partial charge in [0, 0.05) is 18.6 Å². The van der Waals surface area contributed by atoms with Gasteiger partial charge in [-0.05, 0) is 76.8 Å². The third-order valence-corrected chi connectivity index (χ3v) is 5.42. The maximum atomic E-state index is 3.80. The lowest BCUT2D eigenvalue weighted by atomic mass is 9.78. The van der Waals surface area contributed by atoms with E-state index in [1.54, 1.807) is 0 Å². The third kappa shape index (κ3) is 4.46. The van der Waals surface area contributed by atoms with Crippen molar-refractivity contribution in [3.63, 3.8) is 0 Å². The summed E-state index contributed by atoms with van der Waals surface area (Å²) in [6.45, 7) is 9.63. The SMILES string of the molecule is CCCNC1CCC(C)CC1CN(C)C(C)C1CC1. The van der Waals surface area contributed by atoms with Crippen LogP contribution in [0.3, 0.4) is 0 Å². The van der Waals surface area contributed by atoms with Gasteiger partial charge in [-0.15, -0.1) is 0 Å². The van der Waals surface area contributed by atoms with Gasteiger partial charge in [-0.1, -0.05) is 13.8 Å². The van der Waals surface area contributed by atoms with Crippen LogP contribution in [0.5, 0.6) is 0 Å². The van der Waals surface area contributed by atoms with Crippen LogP contribution in [0.2, 0.25) is 0 Å². The summed E-state index contributed by atoms with van der Waals surface area (Å²) in [5, 5.41) is 3.80. The molecule has 0 saturated heterocycles. The zero-order valence-corrected chi connectivity index (χ0v) is 13.5. The first kappa shape index (κ1) is 15.3. The van der Waals surface area contributed by atoms with Gasteiger partial charge in [0.2, 0.25) is 0 Å². The lowest BCUT2D eigenvalue weighted by Gasteiger charge is -2.39. The van der Waals surface area contributed by atoms with Crippen molar-refractivity contribution in [3.8, 4) is 0 Å². The van der Waals surface area contributed by atoms with Gasteiger partial charge in [-0.25, -0.2) is 0 Å². The lowest BCUT2D eigenvalue weighted by Crippen LogP contribution is -2.47. The van der Waals surface area contributed by atoms with E-state index in [0.29, 0.717) is 0 Å². The first-order chi connectivity index (χ1) is 9.11. The van der Waals surface area contributed by atoms with Gasteiger partial charge in [0.05, 0.1) is 0 Å². The van der Waals surface area contributed by atoms with Gasteiger partial charge in [0.25, 0.3) is 0 Å². The normalized spacial score (nSPS) is 33.6. The molecule has 2 nitrogen and oxygen atoms in total. The maximum absolute atomic E-state index is 3.80. The average molecular weight is 266 g/mol. The monoisotopic (exact) mass is 266 g/mol. The molecule has 2 saturated carbocycles. The van der Waals surface area contributed by atoms with Crippen molar-refractivity contribution in [2.24, 2.45) is 17.8 Å². The second-order valence-corrected chi connectivity index (χ2v) is 7.26. The predicted octanol–water partition coefficient (Wildman–Crippen LogP) is 3.52. The molecule has 2 fully saturated rings. The summed E-state index contributed by atoms with van der Waals surface area (Å²) in [5.41, 5.74) is 0. The molecule has 0 aliphatic heterocycles. The Morgan fingerprint density at radius 1 is 1.21 bits per heavy atom. The summed E-state index contributed by atoms with van der Waals surface area (Å²) in [6, 6.07) is 1.56. The zero-order valence-electron chi connectivity index (χ0n) is 13.5. The first-order valence-electron chi connectivity index (χ1n) is 8.55. The van der Waals surface area contributed by atoms with E-state index < -0.39 is 0 Å². The van der Waals surface area contributed by atoms with Crippen LogP contribution >= 0.6 is 0 Å². The Hall–Kier alpha value is -0.0800. The van der Waals surface area contributed by atoms with Crippen LogP contribution < -0.4 is 5.32 Å².